The first-order chi connectivity index (χ1) is 7.03. The van der Waals surface area contributed by atoms with Crippen LogP contribution in [0.1, 0.15) is 0 Å². The summed E-state index contributed by atoms with van der Waals surface area (Å²) >= 11 is 0. The predicted octanol–water partition coefficient (Wildman–Crippen LogP) is -0.775. The lowest BCUT2D eigenvalue weighted by molar-refractivity contribution is -0.875. The van der Waals surface area contributed by atoms with Crippen LogP contribution in [0.4, 0.5) is 0 Å². The molecular weight excluding hydrogens is 237 g/mol. The number of nitrogens with zero attached hydrogens (tertiary/aromatic N) is 1. The third-order valence-corrected chi connectivity index (χ3v) is 1.86. The van der Waals surface area contributed by atoms with E-state index in [-0.39, 0.29) is 11.0 Å². The van der Waals surface area contributed by atoms with E-state index in [1.807, 2.05) is 0 Å². The van der Waals surface area contributed by atoms with Gasteiger partial charge < -0.3 is 19.0 Å². The molecule has 0 bridgehead atoms. The molecule has 0 spiro atoms. The van der Waals surface area contributed by atoms with Crippen molar-refractivity contribution in [3.8, 4) is 0 Å². The van der Waals surface area contributed by atoms with Crippen molar-refractivity contribution in [1.82, 2.24) is 0 Å². The highest BCUT2D eigenvalue weighted by Gasteiger charge is 2.25. The maximum atomic E-state index is 10.9. The van der Waals surface area contributed by atoms with Crippen LogP contribution in [-0.2, 0) is 18.6 Å². The molecule has 0 heterocycles. The normalized spacial score (nSPS) is 17.3. The molecule has 94 valence electrons. The van der Waals surface area contributed by atoms with Crippen LogP contribution in [-0.4, -0.2) is 49.3 Å². The average molecular weight is 253 g/mol. The molecule has 0 aliphatic carbocycles. The van der Waals surface area contributed by atoms with Crippen LogP contribution in [0.2, 0.25) is 0 Å². The molecule has 0 rings (SSSR count). The molecular formula is C8H16NO6P. The SMILES string of the molecule is C=CC(=O)OC(C[N+](C)(C)C)OP(=O)([O-])O. The summed E-state index contributed by atoms with van der Waals surface area (Å²) in [6.07, 6.45) is -0.502. The van der Waals surface area contributed by atoms with E-state index in [1.54, 1.807) is 21.1 Å². The van der Waals surface area contributed by atoms with E-state index in [9.17, 15) is 14.3 Å². The Hall–Kier alpha value is -0.720. The summed E-state index contributed by atoms with van der Waals surface area (Å²) in [5.74, 6) is -0.827. The Morgan fingerprint density at radius 2 is 2.12 bits per heavy atom. The molecule has 0 fully saturated rings. The molecule has 0 aliphatic rings. The van der Waals surface area contributed by atoms with Crippen molar-refractivity contribution in [1.29, 1.82) is 0 Å². The Balaban J connectivity index is 4.57. The lowest BCUT2D eigenvalue weighted by atomic mass is 10.5. The van der Waals surface area contributed by atoms with Gasteiger partial charge in [0.25, 0.3) is 14.1 Å². The van der Waals surface area contributed by atoms with Gasteiger partial charge in [-0.2, -0.15) is 0 Å². The smallest absolute Gasteiger partial charge is 0.332 e. The standard InChI is InChI=1S/C8H16NO6P/c1-5-7(10)14-8(6-9(2,3)4)15-16(11,12)13/h5,8H,1,6H2,2-4H3,(H-,11,12,13). The van der Waals surface area contributed by atoms with Crippen molar-refractivity contribution in [2.45, 2.75) is 6.29 Å². The fourth-order valence-electron chi connectivity index (χ4n) is 0.866. The number of quaternary nitrogens is 1. The second-order valence-corrected chi connectivity index (χ2v) is 5.27. The molecule has 7 nitrogen and oxygen atoms in total. The van der Waals surface area contributed by atoms with Crippen LogP contribution in [0.15, 0.2) is 12.7 Å². The highest BCUT2D eigenvalue weighted by atomic mass is 31.2. The van der Waals surface area contributed by atoms with Gasteiger partial charge in [0.2, 0.25) is 0 Å². The summed E-state index contributed by atoms with van der Waals surface area (Å²) in [6, 6.07) is 0. The molecule has 2 atom stereocenters. The third-order valence-electron chi connectivity index (χ3n) is 1.36. The Labute approximate surface area is 94.1 Å². The topological polar surface area (TPSA) is 95.9 Å². The van der Waals surface area contributed by atoms with Gasteiger partial charge in [-0.15, -0.1) is 0 Å². The predicted molar refractivity (Wildman–Crippen MR) is 53.9 cm³/mol. The highest BCUT2D eigenvalue weighted by Crippen LogP contribution is 2.33. The summed E-state index contributed by atoms with van der Waals surface area (Å²) in [5.41, 5.74) is 0. The zero-order valence-electron chi connectivity index (χ0n) is 9.45. The van der Waals surface area contributed by atoms with E-state index in [2.05, 4.69) is 15.8 Å². The quantitative estimate of drug-likeness (QED) is 0.219. The maximum Gasteiger partial charge on any atom is 0.332 e. The third kappa shape index (κ3) is 8.58. The number of carbonyl (C=O) groups excluding carboxylic acids is 1. The van der Waals surface area contributed by atoms with Crippen molar-refractivity contribution in [2.75, 3.05) is 27.7 Å². The monoisotopic (exact) mass is 253 g/mol. The Morgan fingerprint density at radius 1 is 1.62 bits per heavy atom. The number of phosphoric acid groups is 1. The molecule has 0 aliphatic heterocycles. The number of ether oxygens (including phenoxy) is 1. The van der Waals surface area contributed by atoms with Crippen LogP contribution >= 0.6 is 7.82 Å². The number of likely N-dealkylation sites (N-methyl/N-ethyl adjacent to an activating group) is 1. The first-order valence-electron chi connectivity index (χ1n) is 4.39. The van der Waals surface area contributed by atoms with Crippen LogP contribution < -0.4 is 4.89 Å². The number of hydrogen-bond acceptors (Lipinski definition) is 5. The number of esters is 1. The molecule has 1 N–H and O–H groups in total. The minimum atomic E-state index is -4.95. The van der Waals surface area contributed by atoms with E-state index in [1.165, 1.54) is 0 Å². The molecule has 0 saturated carbocycles. The van der Waals surface area contributed by atoms with E-state index in [0.717, 1.165) is 6.08 Å². The zero-order chi connectivity index (χ0) is 13.0. The van der Waals surface area contributed by atoms with Gasteiger partial charge in [-0.25, -0.2) is 4.79 Å². The average Bonchev–Trinajstić information content (AvgIpc) is 1.97. The van der Waals surface area contributed by atoms with Crippen LogP contribution in [0.5, 0.6) is 0 Å². The minimum absolute atomic E-state index is 0.0619. The minimum Gasteiger partial charge on any atom is -0.756 e. The summed E-state index contributed by atoms with van der Waals surface area (Å²) < 4.78 is 19.7. The van der Waals surface area contributed by atoms with Gasteiger partial charge in [0, 0.05) is 6.08 Å². The summed E-state index contributed by atoms with van der Waals surface area (Å²) in [7, 11) is 0.278. The lowest BCUT2D eigenvalue weighted by Gasteiger charge is -2.30. The van der Waals surface area contributed by atoms with E-state index in [4.69, 9.17) is 4.89 Å². The number of carbonyl (C=O) groups is 1. The van der Waals surface area contributed by atoms with Gasteiger partial charge in [-0.05, 0) is 0 Å². The fourth-order valence-corrected chi connectivity index (χ4v) is 1.27. The van der Waals surface area contributed by atoms with Crippen LogP contribution in [0, 0.1) is 0 Å². The van der Waals surface area contributed by atoms with Gasteiger partial charge in [0.15, 0.2) is 0 Å². The molecule has 2 unspecified atom stereocenters. The van der Waals surface area contributed by atoms with E-state index < -0.39 is 20.1 Å². The van der Waals surface area contributed by atoms with Gasteiger partial charge in [-0.1, -0.05) is 6.58 Å². The molecule has 0 amide bonds. The second-order valence-electron chi connectivity index (χ2n) is 4.12. The van der Waals surface area contributed by atoms with Gasteiger partial charge in [0.1, 0.15) is 6.54 Å². The van der Waals surface area contributed by atoms with Crippen molar-refractivity contribution in [3.63, 3.8) is 0 Å². The van der Waals surface area contributed by atoms with E-state index in [0.29, 0.717) is 0 Å². The van der Waals surface area contributed by atoms with E-state index >= 15 is 0 Å². The highest BCUT2D eigenvalue weighted by molar-refractivity contribution is 7.44. The number of phosphoric ester groups is 1. The maximum absolute atomic E-state index is 10.9. The Bertz CT molecular complexity index is 304. The summed E-state index contributed by atoms with van der Waals surface area (Å²) in [6.45, 7) is 3.22. The van der Waals surface area contributed by atoms with Crippen molar-refractivity contribution in [2.24, 2.45) is 0 Å². The molecule has 0 saturated heterocycles. The van der Waals surface area contributed by atoms with Crippen molar-refractivity contribution < 1.29 is 32.9 Å². The van der Waals surface area contributed by atoms with Crippen molar-refractivity contribution >= 4 is 13.8 Å². The molecule has 8 heteroatoms. The zero-order valence-corrected chi connectivity index (χ0v) is 10.3. The lowest BCUT2D eigenvalue weighted by Crippen LogP contribution is -2.44. The first kappa shape index (κ1) is 15.3. The fraction of sp³-hybridized carbons (Fsp3) is 0.625. The van der Waals surface area contributed by atoms with Gasteiger partial charge in [-0.3, -0.25) is 9.09 Å². The summed E-state index contributed by atoms with van der Waals surface area (Å²) in [4.78, 5) is 30.0. The molecule has 16 heavy (non-hydrogen) atoms. The second kappa shape index (κ2) is 5.56. The Morgan fingerprint density at radius 3 is 2.44 bits per heavy atom. The van der Waals surface area contributed by atoms with Gasteiger partial charge in [0.05, 0.1) is 21.1 Å². The van der Waals surface area contributed by atoms with Crippen LogP contribution in [0.25, 0.3) is 0 Å². The molecule has 0 aromatic carbocycles. The number of rotatable bonds is 6. The first-order valence-corrected chi connectivity index (χ1v) is 5.89. The van der Waals surface area contributed by atoms with Crippen LogP contribution in [0.3, 0.4) is 0 Å². The van der Waals surface area contributed by atoms with Gasteiger partial charge >= 0.3 is 5.97 Å². The number of hydrogen-bond donors (Lipinski definition) is 1. The molecule has 0 aromatic rings. The largest absolute Gasteiger partial charge is 0.756 e. The summed E-state index contributed by atoms with van der Waals surface area (Å²) in [5, 5.41) is 0. The molecule has 0 radical (unpaired) electrons. The Kier molecular flexibility index (Phi) is 5.31. The van der Waals surface area contributed by atoms with Crippen molar-refractivity contribution in [3.05, 3.63) is 12.7 Å². The molecule has 0 aromatic heterocycles.